The lowest BCUT2D eigenvalue weighted by molar-refractivity contribution is -0.122. The first-order chi connectivity index (χ1) is 14.1. The first-order valence-electron chi connectivity index (χ1n) is 9.55. The van der Waals surface area contributed by atoms with Crippen molar-refractivity contribution in [3.63, 3.8) is 0 Å². The third-order valence-electron chi connectivity index (χ3n) is 4.19. The average molecular weight is 413 g/mol. The highest BCUT2D eigenvalue weighted by atomic mass is 32.2. The van der Waals surface area contributed by atoms with E-state index < -0.39 is 0 Å². The minimum Gasteiger partial charge on any atom is -0.504 e. The van der Waals surface area contributed by atoms with Crippen molar-refractivity contribution in [3.8, 4) is 17.2 Å². The van der Waals surface area contributed by atoms with Gasteiger partial charge in [0.2, 0.25) is 0 Å². The quantitative estimate of drug-likeness (QED) is 0.661. The maximum Gasteiger partial charge on any atom is 0.266 e. The van der Waals surface area contributed by atoms with Gasteiger partial charge in [-0.2, -0.15) is 0 Å². The molecule has 7 heteroatoms. The van der Waals surface area contributed by atoms with Gasteiger partial charge >= 0.3 is 0 Å². The standard InChI is InChI=1S/C22H24N2O4S/c1-4-24-21(26)19(14-15-8-7-9-18(20(15)25)28-6-3)29-22(24)23-16-10-12-17(13-11-16)27-5-2/h7-14,25H,4-6H2,1-3H3/b19-14+,23-22?. The Morgan fingerprint density at radius 1 is 1.07 bits per heavy atom. The molecular weight excluding hydrogens is 388 g/mol. The van der Waals surface area contributed by atoms with Crippen molar-refractivity contribution in [1.82, 2.24) is 4.90 Å². The van der Waals surface area contributed by atoms with Gasteiger partial charge in [-0.05, 0) is 68.9 Å². The van der Waals surface area contributed by atoms with Gasteiger partial charge in [0.25, 0.3) is 5.91 Å². The molecule has 1 aliphatic heterocycles. The Balaban J connectivity index is 1.89. The molecule has 0 aromatic heterocycles. The molecule has 6 nitrogen and oxygen atoms in total. The molecule has 0 unspecified atom stereocenters. The van der Waals surface area contributed by atoms with E-state index in [2.05, 4.69) is 4.99 Å². The number of carbonyl (C=O) groups excluding carboxylic acids is 1. The van der Waals surface area contributed by atoms with Gasteiger partial charge in [-0.3, -0.25) is 9.69 Å². The molecule has 1 aliphatic rings. The number of aliphatic imine (C=N–C) groups is 1. The number of benzene rings is 2. The molecule has 1 heterocycles. The molecule has 1 N–H and O–H groups in total. The molecule has 0 aliphatic carbocycles. The van der Waals surface area contributed by atoms with Crippen LogP contribution in [-0.4, -0.2) is 40.8 Å². The zero-order valence-electron chi connectivity index (χ0n) is 16.7. The zero-order valence-corrected chi connectivity index (χ0v) is 17.5. The van der Waals surface area contributed by atoms with E-state index in [-0.39, 0.29) is 11.7 Å². The first kappa shape index (κ1) is 20.8. The zero-order chi connectivity index (χ0) is 20.8. The van der Waals surface area contributed by atoms with Crippen LogP contribution in [0.15, 0.2) is 52.4 Å². The Kier molecular flexibility index (Phi) is 6.82. The molecule has 0 radical (unpaired) electrons. The second-order valence-corrected chi connectivity index (χ2v) is 7.12. The lowest BCUT2D eigenvalue weighted by Crippen LogP contribution is -2.28. The smallest absolute Gasteiger partial charge is 0.266 e. The number of thioether (sulfide) groups is 1. The summed E-state index contributed by atoms with van der Waals surface area (Å²) in [6.45, 7) is 7.25. The number of amides is 1. The van der Waals surface area contributed by atoms with Gasteiger partial charge in [-0.1, -0.05) is 12.1 Å². The fraction of sp³-hybridized carbons (Fsp3) is 0.273. The highest BCUT2D eigenvalue weighted by Crippen LogP contribution is 2.37. The van der Waals surface area contributed by atoms with Crippen LogP contribution in [0.5, 0.6) is 17.2 Å². The number of para-hydroxylation sites is 1. The minimum absolute atomic E-state index is 0.0233. The maximum absolute atomic E-state index is 12.8. The van der Waals surface area contributed by atoms with Crippen LogP contribution in [0.25, 0.3) is 6.08 Å². The van der Waals surface area contributed by atoms with Crippen LogP contribution >= 0.6 is 11.8 Å². The van der Waals surface area contributed by atoms with Crippen molar-refractivity contribution in [1.29, 1.82) is 0 Å². The van der Waals surface area contributed by atoms with Gasteiger partial charge in [0.15, 0.2) is 16.7 Å². The number of ether oxygens (including phenoxy) is 2. The molecule has 0 spiro atoms. The predicted octanol–water partition coefficient (Wildman–Crippen LogP) is 4.81. The molecule has 3 rings (SSSR count). The van der Waals surface area contributed by atoms with E-state index in [0.717, 1.165) is 11.4 Å². The molecule has 2 aromatic rings. The number of amidine groups is 1. The van der Waals surface area contributed by atoms with E-state index in [4.69, 9.17) is 9.47 Å². The SMILES string of the molecule is CCOc1ccc(N=C2S/C(=C/c3cccc(OCC)c3O)C(=O)N2CC)cc1. The molecular formula is C22H24N2O4S. The molecule has 1 saturated heterocycles. The van der Waals surface area contributed by atoms with Gasteiger partial charge in [-0.25, -0.2) is 4.99 Å². The van der Waals surface area contributed by atoms with Gasteiger partial charge in [-0.15, -0.1) is 0 Å². The van der Waals surface area contributed by atoms with E-state index in [0.29, 0.717) is 41.1 Å². The first-order valence-corrected chi connectivity index (χ1v) is 10.4. The van der Waals surface area contributed by atoms with Crippen LogP contribution in [0.4, 0.5) is 5.69 Å². The Morgan fingerprint density at radius 3 is 2.45 bits per heavy atom. The van der Waals surface area contributed by atoms with Crippen molar-refractivity contribution in [2.45, 2.75) is 20.8 Å². The van der Waals surface area contributed by atoms with E-state index >= 15 is 0 Å². The predicted molar refractivity (Wildman–Crippen MR) is 117 cm³/mol. The molecule has 152 valence electrons. The molecule has 1 fully saturated rings. The monoisotopic (exact) mass is 412 g/mol. The number of phenols is 1. The normalized spacial score (nSPS) is 16.7. The van der Waals surface area contributed by atoms with Crippen molar-refractivity contribution < 1.29 is 19.4 Å². The van der Waals surface area contributed by atoms with Crippen LogP contribution in [0.2, 0.25) is 0 Å². The molecule has 0 bridgehead atoms. The highest BCUT2D eigenvalue weighted by molar-refractivity contribution is 8.18. The van der Waals surface area contributed by atoms with Gasteiger partial charge in [0.1, 0.15) is 5.75 Å². The van der Waals surface area contributed by atoms with E-state index in [1.807, 2.05) is 45.0 Å². The minimum atomic E-state index is -0.136. The van der Waals surface area contributed by atoms with Gasteiger partial charge in [0.05, 0.1) is 23.8 Å². The highest BCUT2D eigenvalue weighted by Gasteiger charge is 2.32. The number of hydrogen-bond donors (Lipinski definition) is 1. The Labute approximate surface area is 174 Å². The number of phenolic OH excluding ortho intramolecular Hbond substituents is 1. The lowest BCUT2D eigenvalue weighted by Gasteiger charge is -2.12. The summed E-state index contributed by atoms with van der Waals surface area (Å²) in [5.74, 6) is 1.07. The summed E-state index contributed by atoms with van der Waals surface area (Å²) in [5, 5.41) is 11.0. The topological polar surface area (TPSA) is 71.4 Å². The van der Waals surface area contributed by atoms with E-state index in [9.17, 15) is 9.90 Å². The summed E-state index contributed by atoms with van der Waals surface area (Å²) in [4.78, 5) is 19.6. The molecule has 2 aromatic carbocycles. The van der Waals surface area contributed by atoms with Crippen molar-refractivity contribution in [2.24, 2.45) is 4.99 Å². The second-order valence-electron chi connectivity index (χ2n) is 6.11. The van der Waals surface area contributed by atoms with Crippen LogP contribution in [-0.2, 0) is 4.79 Å². The van der Waals surface area contributed by atoms with E-state index in [1.165, 1.54) is 11.8 Å². The lowest BCUT2D eigenvalue weighted by atomic mass is 10.1. The van der Waals surface area contributed by atoms with Crippen LogP contribution in [0.1, 0.15) is 26.3 Å². The molecule has 1 amide bonds. The largest absolute Gasteiger partial charge is 0.504 e. The number of hydrogen-bond acceptors (Lipinski definition) is 6. The Hall–Kier alpha value is -2.93. The van der Waals surface area contributed by atoms with Crippen LogP contribution in [0, 0.1) is 0 Å². The molecule has 0 saturated carbocycles. The maximum atomic E-state index is 12.8. The molecule has 29 heavy (non-hydrogen) atoms. The summed E-state index contributed by atoms with van der Waals surface area (Å²) in [5.41, 5.74) is 1.27. The third kappa shape index (κ3) is 4.74. The number of nitrogens with zero attached hydrogens (tertiary/aromatic N) is 2. The van der Waals surface area contributed by atoms with Crippen LogP contribution in [0.3, 0.4) is 0 Å². The van der Waals surface area contributed by atoms with Gasteiger partial charge < -0.3 is 14.6 Å². The van der Waals surface area contributed by atoms with Crippen molar-refractivity contribution in [2.75, 3.05) is 19.8 Å². The summed E-state index contributed by atoms with van der Waals surface area (Å²) in [7, 11) is 0. The van der Waals surface area contributed by atoms with E-state index in [1.54, 1.807) is 29.2 Å². The van der Waals surface area contributed by atoms with Crippen LogP contribution < -0.4 is 9.47 Å². The second kappa shape index (κ2) is 9.52. The van der Waals surface area contributed by atoms with Crippen molar-refractivity contribution in [3.05, 3.63) is 52.9 Å². The fourth-order valence-corrected chi connectivity index (χ4v) is 3.89. The van der Waals surface area contributed by atoms with Gasteiger partial charge in [0, 0.05) is 12.1 Å². The summed E-state index contributed by atoms with van der Waals surface area (Å²) < 4.78 is 10.9. The summed E-state index contributed by atoms with van der Waals surface area (Å²) >= 11 is 1.29. The Morgan fingerprint density at radius 2 is 1.79 bits per heavy atom. The average Bonchev–Trinajstić information content (AvgIpc) is 3.01. The summed E-state index contributed by atoms with van der Waals surface area (Å²) in [6, 6.07) is 12.7. The van der Waals surface area contributed by atoms with Crippen molar-refractivity contribution >= 4 is 34.6 Å². The molecule has 0 atom stereocenters. The number of aromatic hydroxyl groups is 1. The Bertz CT molecular complexity index is 938. The number of rotatable bonds is 7. The fourth-order valence-electron chi connectivity index (χ4n) is 2.83. The number of likely N-dealkylation sites (N-methyl/N-ethyl adjacent to an activating group) is 1. The number of carbonyl (C=O) groups is 1. The summed E-state index contributed by atoms with van der Waals surface area (Å²) in [6.07, 6.45) is 1.67. The third-order valence-corrected chi connectivity index (χ3v) is 5.20.